The zero-order valence-electron chi connectivity index (χ0n) is 27.8. The van der Waals surface area contributed by atoms with Crippen LogP contribution in [0.5, 0.6) is 11.5 Å². The van der Waals surface area contributed by atoms with Crippen molar-refractivity contribution < 1.29 is 14.6 Å². The van der Waals surface area contributed by atoms with Crippen molar-refractivity contribution in [1.29, 1.82) is 0 Å². The van der Waals surface area contributed by atoms with Crippen LogP contribution in [0.25, 0.3) is 0 Å². The minimum atomic E-state index is -0.469. The molecule has 0 aliphatic rings. The Labute approximate surface area is 245 Å². The van der Waals surface area contributed by atoms with Crippen molar-refractivity contribution in [1.82, 2.24) is 0 Å². The minimum absolute atomic E-state index is 0.157. The number of esters is 1. The highest BCUT2D eigenvalue weighted by Crippen LogP contribution is 2.55. The second-order valence-electron chi connectivity index (χ2n) is 14.2. The van der Waals surface area contributed by atoms with Gasteiger partial charge in [0.2, 0.25) is 0 Å². The molecule has 0 fully saturated rings. The number of hydrogen-bond acceptors (Lipinski definition) is 3. The van der Waals surface area contributed by atoms with Crippen LogP contribution in [0.4, 0.5) is 0 Å². The number of hydrogen-bond donors (Lipinski definition) is 1. The van der Waals surface area contributed by atoms with E-state index >= 15 is 0 Å². The SMILES string of the molecule is C=C(C(=O)Oc1ccccc1)C(C)c1c(O)c(C(C)(C)CC)c(C(C)(C)CC)c(C(C)(C)CC)c1C(C)(C)CC. The van der Waals surface area contributed by atoms with Crippen molar-refractivity contribution in [3.63, 3.8) is 0 Å². The van der Waals surface area contributed by atoms with Gasteiger partial charge in [-0.2, -0.15) is 0 Å². The van der Waals surface area contributed by atoms with E-state index in [4.69, 9.17) is 4.74 Å². The summed E-state index contributed by atoms with van der Waals surface area (Å²) in [7, 11) is 0. The predicted octanol–water partition coefficient (Wildman–Crippen LogP) is 10.4. The van der Waals surface area contributed by atoms with Crippen molar-refractivity contribution in [2.24, 2.45) is 0 Å². The van der Waals surface area contributed by atoms with Crippen LogP contribution < -0.4 is 4.74 Å². The van der Waals surface area contributed by atoms with Gasteiger partial charge >= 0.3 is 5.97 Å². The Morgan fingerprint density at radius 2 is 1.10 bits per heavy atom. The standard InChI is InChI=1S/C37H56O3/c1-15-34(7,8)28-27(24(5)25(6)33(39)40-26-22-20-19-21-23-26)32(38)31(37(13,14)18-4)30(36(11,12)17-3)29(28)35(9,10)16-2/h19-24,38H,6,15-18H2,1-5,7-14H3. The summed E-state index contributed by atoms with van der Waals surface area (Å²) in [6.07, 6.45) is 3.67. The molecule has 2 aromatic carbocycles. The molecule has 40 heavy (non-hydrogen) atoms. The number of ether oxygens (including phenoxy) is 1. The number of phenols is 1. The monoisotopic (exact) mass is 548 g/mol. The summed E-state index contributed by atoms with van der Waals surface area (Å²) in [4.78, 5) is 13.4. The normalized spacial score (nSPS) is 13.7. The first-order valence-electron chi connectivity index (χ1n) is 15.2. The highest BCUT2D eigenvalue weighted by molar-refractivity contribution is 5.91. The van der Waals surface area contributed by atoms with E-state index in [1.807, 2.05) is 25.1 Å². The van der Waals surface area contributed by atoms with E-state index in [2.05, 4.69) is 89.7 Å². The highest BCUT2D eigenvalue weighted by Gasteiger charge is 2.44. The fraction of sp³-hybridized carbons (Fsp3) is 0.595. The number of carbonyl (C=O) groups is 1. The van der Waals surface area contributed by atoms with E-state index in [-0.39, 0.29) is 21.7 Å². The molecule has 0 amide bonds. The van der Waals surface area contributed by atoms with E-state index in [9.17, 15) is 9.90 Å². The molecule has 1 unspecified atom stereocenters. The van der Waals surface area contributed by atoms with Gasteiger partial charge < -0.3 is 9.84 Å². The summed E-state index contributed by atoms with van der Waals surface area (Å²) < 4.78 is 5.72. The molecule has 0 saturated carbocycles. The number of phenolic OH excluding ortho intramolecular Hbond substituents is 1. The number of aromatic hydroxyl groups is 1. The molecule has 222 valence electrons. The van der Waals surface area contributed by atoms with Gasteiger partial charge in [-0.3, -0.25) is 0 Å². The van der Waals surface area contributed by atoms with Crippen molar-refractivity contribution >= 4 is 5.97 Å². The molecular weight excluding hydrogens is 492 g/mol. The van der Waals surface area contributed by atoms with Crippen molar-refractivity contribution in [2.75, 3.05) is 0 Å². The highest BCUT2D eigenvalue weighted by atomic mass is 16.5. The van der Waals surface area contributed by atoms with Crippen LogP contribution in [0.1, 0.15) is 149 Å². The lowest BCUT2D eigenvalue weighted by atomic mass is 9.59. The van der Waals surface area contributed by atoms with Gasteiger partial charge in [0.15, 0.2) is 0 Å². The molecule has 2 aromatic rings. The molecule has 0 heterocycles. The average molecular weight is 549 g/mol. The molecule has 0 bridgehead atoms. The van der Waals surface area contributed by atoms with Crippen LogP contribution in [0.15, 0.2) is 42.5 Å². The van der Waals surface area contributed by atoms with Gasteiger partial charge in [-0.25, -0.2) is 4.79 Å². The number of carbonyl (C=O) groups excluding carboxylic acids is 1. The second-order valence-corrected chi connectivity index (χ2v) is 14.2. The summed E-state index contributed by atoms with van der Waals surface area (Å²) >= 11 is 0. The van der Waals surface area contributed by atoms with Gasteiger partial charge in [-0.05, 0) is 76.2 Å². The van der Waals surface area contributed by atoms with E-state index in [1.165, 1.54) is 11.1 Å². The maximum atomic E-state index is 13.4. The van der Waals surface area contributed by atoms with Crippen molar-refractivity contribution in [3.05, 3.63) is 70.3 Å². The molecule has 0 spiro atoms. The van der Waals surface area contributed by atoms with Gasteiger partial charge in [0.05, 0.1) is 0 Å². The average Bonchev–Trinajstić information content (AvgIpc) is 2.91. The smallest absolute Gasteiger partial charge is 0.339 e. The van der Waals surface area contributed by atoms with Crippen molar-refractivity contribution in [3.8, 4) is 11.5 Å². The Balaban J connectivity index is 3.14. The van der Waals surface area contributed by atoms with Crippen LogP contribution >= 0.6 is 0 Å². The molecular formula is C37H56O3. The zero-order valence-corrected chi connectivity index (χ0v) is 27.8. The summed E-state index contributed by atoms with van der Waals surface area (Å²) in [5.74, 6) is -0.103. The summed E-state index contributed by atoms with van der Waals surface area (Å²) in [5.41, 5.74) is 5.10. The third-order valence-corrected chi connectivity index (χ3v) is 9.93. The first-order chi connectivity index (χ1) is 18.3. The molecule has 0 saturated heterocycles. The molecule has 0 aliphatic heterocycles. The molecule has 3 nitrogen and oxygen atoms in total. The molecule has 1 atom stereocenters. The van der Waals surface area contributed by atoms with Crippen LogP contribution in [0, 0.1) is 0 Å². The fourth-order valence-electron chi connectivity index (χ4n) is 5.61. The largest absolute Gasteiger partial charge is 0.507 e. The maximum Gasteiger partial charge on any atom is 0.339 e. The summed E-state index contributed by atoms with van der Waals surface area (Å²) in [6.45, 7) is 33.4. The Bertz CT molecular complexity index is 1210. The van der Waals surface area contributed by atoms with Crippen molar-refractivity contribution in [2.45, 2.75) is 143 Å². The first-order valence-corrected chi connectivity index (χ1v) is 15.2. The minimum Gasteiger partial charge on any atom is -0.507 e. The molecule has 0 aliphatic carbocycles. The number of benzene rings is 2. The van der Waals surface area contributed by atoms with Gasteiger partial charge in [0.25, 0.3) is 0 Å². The molecule has 1 N–H and O–H groups in total. The van der Waals surface area contributed by atoms with E-state index in [0.717, 1.165) is 42.4 Å². The van der Waals surface area contributed by atoms with Crippen LogP contribution in [0.2, 0.25) is 0 Å². The Hall–Kier alpha value is -2.55. The molecule has 0 radical (unpaired) electrons. The Kier molecular flexibility index (Phi) is 10.2. The van der Waals surface area contributed by atoms with Gasteiger partial charge in [0.1, 0.15) is 11.5 Å². The van der Waals surface area contributed by atoms with E-state index in [0.29, 0.717) is 17.1 Å². The lowest BCUT2D eigenvalue weighted by molar-refractivity contribution is -0.130. The molecule has 3 heteroatoms. The zero-order chi connectivity index (χ0) is 30.8. The lowest BCUT2D eigenvalue weighted by Crippen LogP contribution is -2.37. The van der Waals surface area contributed by atoms with E-state index in [1.54, 1.807) is 12.1 Å². The summed E-state index contributed by atoms with van der Waals surface area (Å²) in [5, 5.41) is 12.5. The quantitative estimate of drug-likeness (QED) is 0.163. The fourth-order valence-corrected chi connectivity index (χ4v) is 5.61. The van der Waals surface area contributed by atoms with Crippen LogP contribution in [0.3, 0.4) is 0 Å². The second kappa shape index (κ2) is 12.1. The number of rotatable bonds is 12. The van der Waals surface area contributed by atoms with Crippen LogP contribution in [-0.4, -0.2) is 11.1 Å². The van der Waals surface area contributed by atoms with Gasteiger partial charge in [-0.1, -0.05) is 115 Å². The third-order valence-electron chi connectivity index (χ3n) is 9.93. The third kappa shape index (κ3) is 6.34. The number of para-hydroxylation sites is 1. The lowest BCUT2D eigenvalue weighted by Gasteiger charge is -2.46. The van der Waals surface area contributed by atoms with Crippen LogP contribution in [-0.2, 0) is 26.5 Å². The maximum absolute atomic E-state index is 13.4. The molecule has 2 rings (SSSR count). The topological polar surface area (TPSA) is 46.5 Å². The van der Waals surface area contributed by atoms with Gasteiger partial charge in [0, 0.05) is 22.6 Å². The summed E-state index contributed by atoms with van der Waals surface area (Å²) in [6, 6.07) is 9.11. The van der Waals surface area contributed by atoms with Gasteiger partial charge in [-0.15, -0.1) is 0 Å². The Morgan fingerprint density at radius 3 is 1.52 bits per heavy atom. The van der Waals surface area contributed by atoms with E-state index < -0.39 is 11.9 Å². The molecule has 0 aromatic heterocycles. The first kappa shape index (κ1) is 33.7. The Morgan fingerprint density at radius 1 is 0.725 bits per heavy atom. The predicted molar refractivity (Wildman–Crippen MR) is 171 cm³/mol.